The Hall–Kier alpha value is -2.60. The number of rotatable bonds is 7. The van der Waals surface area contributed by atoms with Crippen LogP contribution in [-0.2, 0) is 6.54 Å². The zero-order chi connectivity index (χ0) is 18.4. The van der Waals surface area contributed by atoms with Crippen molar-refractivity contribution in [3.8, 4) is 23.0 Å². The van der Waals surface area contributed by atoms with Crippen molar-refractivity contribution in [2.24, 2.45) is 0 Å². The Labute approximate surface area is 151 Å². The molecule has 0 bridgehead atoms. The van der Waals surface area contributed by atoms with Crippen molar-refractivity contribution < 1.29 is 23.7 Å². The van der Waals surface area contributed by atoms with Gasteiger partial charge in [0.15, 0.2) is 11.5 Å². The van der Waals surface area contributed by atoms with Gasteiger partial charge in [-0.05, 0) is 35.9 Å². The third-order valence-corrected chi connectivity index (χ3v) is 3.82. The van der Waals surface area contributed by atoms with E-state index in [0.29, 0.717) is 33.6 Å². The average molecular weight is 366 g/mol. The molecule has 2 rings (SSSR count). The van der Waals surface area contributed by atoms with Crippen LogP contribution in [0.2, 0.25) is 5.02 Å². The minimum absolute atomic E-state index is 0.269. The topological polar surface area (TPSA) is 66.0 Å². The molecule has 6 nitrogen and oxygen atoms in total. The van der Waals surface area contributed by atoms with E-state index >= 15 is 0 Å². The largest absolute Gasteiger partial charge is 0.496 e. The van der Waals surface area contributed by atoms with E-state index in [4.69, 9.17) is 30.5 Å². The maximum absolute atomic E-state index is 12.4. The summed E-state index contributed by atoms with van der Waals surface area (Å²) in [4.78, 5) is 12.4. The molecule has 0 radical (unpaired) electrons. The lowest BCUT2D eigenvalue weighted by molar-refractivity contribution is 0.0947. The molecule has 7 heteroatoms. The summed E-state index contributed by atoms with van der Waals surface area (Å²) in [7, 11) is 6.11. The van der Waals surface area contributed by atoms with Crippen LogP contribution in [0.15, 0.2) is 30.3 Å². The third kappa shape index (κ3) is 4.28. The van der Waals surface area contributed by atoms with Gasteiger partial charge in [0.25, 0.3) is 5.91 Å². The lowest BCUT2D eigenvalue weighted by Crippen LogP contribution is -2.23. The van der Waals surface area contributed by atoms with E-state index in [-0.39, 0.29) is 12.5 Å². The van der Waals surface area contributed by atoms with Crippen LogP contribution in [0.1, 0.15) is 15.9 Å². The zero-order valence-electron chi connectivity index (χ0n) is 14.5. The first kappa shape index (κ1) is 18.7. The van der Waals surface area contributed by atoms with Gasteiger partial charge in [-0.15, -0.1) is 0 Å². The normalized spacial score (nSPS) is 10.1. The second-order valence-corrected chi connectivity index (χ2v) is 5.50. The Balaban J connectivity index is 2.21. The molecule has 2 aromatic carbocycles. The van der Waals surface area contributed by atoms with Gasteiger partial charge in [0.2, 0.25) is 5.75 Å². The Morgan fingerprint density at radius 3 is 2.04 bits per heavy atom. The van der Waals surface area contributed by atoms with Crippen molar-refractivity contribution in [2.45, 2.75) is 6.54 Å². The van der Waals surface area contributed by atoms with E-state index in [2.05, 4.69) is 5.32 Å². The second-order valence-electron chi connectivity index (χ2n) is 5.06. The zero-order valence-corrected chi connectivity index (χ0v) is 15.3. The Morgan fingerprint density at radius 1 is 0.920 bits per heavy atom. The van der Waals surface area contributed by atoms with Crippen LogP contribution in [0.25, 0.3) is 0 Å². The summed E-state index contributed by atoms with van der Waals surface area (Å²) in [5.74, 6) is 1.69. The van der Waals surface area contributed by atoms with Gasteiger partial charge in [0.1, 0.15) is 5.75 Å². The molecule has 0 saturated carbocycles. The van der Waals surface area contributed by atoms with Crippen LogP contribution in [0, 0.1) is 0 Å². The number of hydrogen-bond acceptors (Lipinski definition) is 5. The lowest BCUT2D eigenvalue weighted by Gasteiger charge is -2.15. The molecular formula is C18H20ClNO5. The van der Waals surface area contributed by atoms with Gasteiger partial charge in [0.05, 0.1) is 34.0 Å². The molecule has 0 aliphatic carbocycles. The summed E-state index contributed by atoms with van der Waals surface area (Å²) >= 11 is 5.97. The van der Waals surface area contributed by atoms with Gasteiger partial charge in [0, 0.05) is 11.6 Å². The average Bonchev–Trinajstić information content (AvgIpc) is 2.64. The van der Waals surface area contributed by atoms with E-state index in [1.165, 1.54) is 28.4 Å². The second kappa shape index (κ2) is 8.48. The van der Waals surface area contributed by atoms with E-state index in [1.807, 2.05) is 0 Å². The number of carbonyl (C=O) groups excluding carboxylic acids is 1. The van der Waals surface area contributed by atoms with E-state index in [1.54, 1.807) is 30.3 Å². The Bertz CT molecular complexity index is 738. The van der Waals surface area contributed by atoms with Gasteiger partial charge < -0.3 is 24.3 Å². The summed E-state index contributed by atoms with van der Waals surface area (Å²) in [6, 6.07) is 8.42. The standard InChI is InChI=1S/C18H20ClNO5/c1-22-14-6-5-12(19)9-13(14)18(21)20-10-11-7-15(23-2)17(25-4)16(8-11)24-3/h5-9H,10H2,1-4H3,(H,20,21). The van der Waals surface area contributed by atoms with Crippen LogP contribution >= 0.6 is 11.6 Å². The minimum atomic E-state index is -0.298. The number of carbonyl (C=O) groups is 1. The molecule has 0 saturated heterocycles. The monoisotopic (exact) mass is 365 g/mol. The van der Waals surface area contributed by atoms with Gasteiger partial charge in [-0.3, -0.25) is 4.79 Å². The highest BCUT2D eigenvalue weighted by molar-refractivity contribution is 6.31. The smallest absolute Gasteiger partial charge is 0.255 e. The molecule has 25 heavy (non-hydrogen) atoms. The van der Waals surface area contributed by atoms with Gasteiger partial charge >= 0.3 is 0 Å². The maximum Gasteiger partial charge on any atom is 0.255 e. The molecule has 0 aliphatic rings. The van der Waals surface area contributed by atoms with Crippen LogP contribution in [0.5, 0.6) is 23.0 Å². The molecule has 0 heterocycles. The first-order valence-corrected chi connectivity index (χ1v) is 7.82. The summed E-state index contributed by atoms with van der Waals surface area (Å²) in [6.07, 6.45) is 0. The van der Waals surface area contributed by atoms with Crippen molar-refractivity contribution in [1.82, 2.24) is 5.32 Å². The molecule has 0 unspecified atom stereocenters. The van der Waals surface area contributed by atoms with Gasteiger partial charge in [-0.1, -0.05) is 11.6 Å². The summed E-state index contributed by atoms with van der Waals surface area (Å²) < 4.78 is 21.1. The Morgan fingerprint density at radius 2 is 1.52 bits per heavy atom. The Kier molecular flexibility index (Phi) is 6.36. The van der Waals surface area contributed by atoms with Crippen LogP contribution < -0.4 is 24.3 Å². The van der Waals surface area contributed by atoms with Crippen LogP contribution in [0.4, 0.5) is 0 Å². The fourth-order valence-corrected chi connectivity index (χ4v) is 2.54. The number of halogens is 1. The number of nitrogens with one attached hydrogen (secondary N) is 1. The van der Waals surface area contributed by atoms with Crippen molar-refractivity contribution in [2.75, 3.05) is 28.4 Å². The number of methoxy groups -OCH3 is 4. The predicted octanol–water partition coefficient (Wildman–Crippen LogP) is 3.30. The lowest BCUT2D eigenvalue weighted by atomic mass is 10.1. The molecule has 1 amide bonds. The van der Waals surface area contributed by atoms with Gasteiger partial charge in [-0.2, -0.15) is 0 Å². The number of ether oxygens (including phenoxy) is 4. The highest BCUT2D eigenvalue weighted by Crippen LogP contribution is 2.38. The molecule has 0 aliphatic heterocycles. The van der Waals surface area contributed by atoms with Crippen molar-refractivity contribution in [3.05, 3.63) is 46.5 Å². The van der Waals surface area contributed by atoms with Crippen LogP contribution in [-0.4, -0.2) is 34.3 Å². The number of benzene rings is 2. The molecule has 2 aromatic rings. The SMILES string of the molecule is COc1ccc(Cl)cc1C(=O)NCc1cc(OC)c(OC)c(OC)c1. The third-order valence-electron chi connectivity index (χ3n) is 3.58. The predicted molar refractivity (Wildman–Crippen MR) is 95.3 cm³/mol. The van der Waals surface area contributed by atoms with E-state index in [0.717, 1.165) is 5.56 Å². The highest BCUT2D eigenvalue weighted by atomic mass is 35.5. The molecule has 134 valence electrons. The molecule has 0 fully saturated rings. The number of amides is 1. The molecule has 0 aromatic heterocycles. The van der Waals surface area contributed by atoms with Crippen molar-refractivity contribution in [1.29, 1.82) is 0 Å². The first-order valence-electron chi connectivity index (χ1n) is 7.44. The molecule has 0 spiro atoms. The van der Waals surface area contributed by atoms with Crippen LogP contribution in [0.3, 0.4) is 0 Å². The van der Waals surface area contributed by atoms with E-state index < -0.39 is 0 Å². The highest BCUT2D eigenvalue weighted by Gasteiger charge is 2.16. The molecule has 0 atom stereocenters. The summed E-state index contributed by atoms with van der Waals surface area (Å²) in [5.41, 5.74) is 1.16. The van der Waals surface area contributed by atoms with Crippen molar-refractivity contribution >= 4 is 17.5 Å². The molecule has 1 N–H and O–H groups in total. The van der Waals surface area contributed by atoms with Crippen molar-refractivity contribution in [3.63, 3.8) is 0 Å². The number of hydrogen-bond donors (Lipinski definition) is 1. The molecular weight excluding hydrogens is 346 g/mol. The quantitative estimate of drug-likeness (QED) is 0.815. The minimum Gasteiger partial charge on any atom is -0.496 e. The van der Waals surface area contributed by atoms with E-state index in [9.17, 15) is 4.79 Å². The fourth-order valence-electron chi connectivity index (χ4n) is 2.37. The van der Waals surface area contributed by atoms with Gasteiger partial charge in [-0.25, -0.2) is 0 Å². The summed E-state index contributed by atoms with van der Waals surface area (Å²) in [6.45, 7) is 0.269. The maximum atomic E-state index is 12.4. The fraction of sp³-hybridized carbons (Fsp3) is 0.278. The first-order chi connectivity index (χ1) is 12.0. The summed E-state index contributed by atoms with van der Waals surface area (Å²) in [5, 5.41) is 3.28.